The number of carbonyl (C=O) groups excluding carboxylic acids is 1. The third-order valence-corrected chi connectivity index (χ3v) is 3.53. The molecule has 1 N–H and O–H groups in total. The lowest BCUT2D eigenvalue weighted by Gasteiger charge is -2.27. The van der Waals surface area contributed by atoms with Gasteiger partial charge in [-0.05, 0) is 11.6 Å². The van der Waals surface area contributed by atoms with Crippen LogP contribution in [0.25, 0.3) is 5.57 Å². The first kappa shape index (κ1) is 14.8. The molecule has 1 atom stereocenters. The number of aliphatic carboxylic acids is 1. The summed E-state index contributed by atoms with van der Waals surface area (Å²) in [4.78, 5) is 23.5. The highest BCUT2D eigenvalue weighted by atomic mass is 16.5. The third kappa shape index (κ3) is 2.54. The Morgan fingerprint density at radius 1 is 1.24 bits per heavy atom. The van der Waals surface area contributed by atoms with E-state index in [1.807, 2.05) is 18.2 Å². The third-order valence-electron chi connectivity index (χ3n) is 3.53. The summed E-state index contributed by atoms with van der Waals surface area (Å²) in [7, 11) is 2.73. The second kappa shape index (κ2) is 5.83. The molecule has 1 aromatic carbocycles. The first-order chi connectivity index (χ1) is 10.0. The van der Waals surface area contributed by atoms with Crippen molar-refractivity contribution in [1.82, 2.24) is 0 Å². The summed E-state index contributed by atoms with van der Waals surface area (Å²) >= 11 is 0. The topological polar surface area (TPSA) is 72.8 Å². The maximum Gasteiger partial charge on any atom is 0.327 e. The highest BCUT2D eigenvalue weighted by Gasteiger charge is 2.47. The molecule has 0 aliphatic heterocycles. The normalized spacial score (nSPS) is 20.6. The molecule has 0 heterocycles. The maximum absolute atomic E-state index is 11.9. The Bertz CT molecular complexity index is 629. The first-order valence-electron chi connectivity index (χ1n) is 6.39. The molecule has 2 rings (SSSR count). The van der Waals surface area contributed by atoms with Gasteiger partial charge in [0.05, 0.1) is 14.2 Å². The predicted octanol–water partition coefficient (Wildman–Crippen LogP) is 2.28. The van der Waals surface area contributed by atoms with Crippen LogP contribution >= 0.6 is 0 Å². The summed E-state index contributed by atoms with van der Waals surface area (Å²) in [6, 6.07) is 7.27. The highest BCUT2D eigenvalue weighted by molar-refractivity contribution is 6.04. The van der Waals surface area contributed by atoms with Crippen LogP contribution in [0.1, 0.15) is 12.0 Å². The molecule has 0 fully saturated rings. The molecule has 0 radical (unpaired) electrons. The number of ether oxygens (including phenoxy) is 2. The Morgan fingerprint density at radius 2 is 1.95 bits per heavy atom. The van der Waals surface area contributed by atoms with Gasteiger partial charge in [-0.25, -0.2) is 0 Å². The second-order valence-electron chi connectivity index (χ2n) is 4.70. The number of hydrogen-bond donors (Lipinski definition) is 1. The van der Waals surface area contributed by atoms with Crippen LogP contribution in [0.4, 0.5) is 0 Å². The zero-order valence-electron chi connectivity index (χ0n) is 11.8. The van der Waals surface area contributed by atoms with Crippen LogP contribution < -0.4 is 4.74 Å². The molecule has 0 saturated carbocycles. The minimum Gasteiger partial charge on any atom is -0.496 e. The van der Waals surface area contributed by atoms with Crippen molar-refractivity contribution in [3.05, 3.63) is 48.1 Å². The lowest BCUT2D eigenvalue weighted by Crippen LogP contribution is -2.39. The first-order valence-corrected chi connectivity index (χ1v) is 6.39. The number of hydrogen-bond acceptors (Lipinski definition) is 4. The van der Waals surface area contributed by atoms with Gasteiger partial charge in [0, 0.05) is 12.0 Å². The van der Waals surface area contributed by atoms with Crippen LogP contribution in [-0.4, -0.2) is 31.3 Å². The van der Waals surface area contributed by atoms with Crippen molar-refractivity contribution < 1.29 is 24.2 Å². The minimum absolute atomic E-state index is 0.0197. The van der Waals surface area contributed by atoms with Crippen LogP contribution in [0.3, 0.4) is 0 Å². The van der Waals surface area contributed by atoms with E-state index in [1.165, 1.54) is 13.2 Å². The van der Waals surface area contributed by atoms with E-state index in [2.05, 4.69) is 4.74 Å². The van der Waals surface area contributed by atoms with Crippen LogP contribution in [0, 0.1) is 5.41 Å². The molecule has 21 heavy (non-hydrogen) atoms. The van der Waals surface area contributed by atoms with Crippen molar-refractivity contribution in [1.29, 1.82) is 0 Å². The van der Waals surface area contributed by atoms with Crippen molar-refractivity contribution in [3.8, 4) is 5.75 Å². The van der Waals surface area contributed by atoms with Crippen molar-refractivity contribution in [2.24, 2.45) is 5.41 Å². The van der Waals surface area contributed by atoms with Crippen LogP contribution in [0.5, 0.6) is 5.75 Å². The molecular weight excluding hydrogens is 272 g/mol. The van der Waals surface area contributed by atoms with Gasteiger partial charge < -0.3 is 14.6 Å². The van der Waals surface area contributed by atoms with Crippen LogP contribution in [-0.2, 0) is 14.3 Å². The molecule has 1 aliphatic carbocycles. The lowest BCUT2D eigenvalue weighted by molar-refractivity contribution is -0.162. The van der Waals surface area contributed by atoms with Gasteiger partial charge in [0.25, 0.3) is 0 Å². The summed E-state index contributed by atoms with van der Waals surface area (Å²) in [6.07, 6.45) is 4.73. The molecule has 0 spiro atoms. The average molecular weight is 288 g/mol. The number of carboxylic acid groups (broad SMARTS) is 1. The van der Waals surface area contributed by atoms with Gasteiger partial charge in [-0.3, -0.25) is 9.59 Å². The fraction of sp³-hybridized carbons (Fsp3) is 0.250. The number of allylic oxidation sites excluding steroid dienone is 3. The van der Waals surface area contributed by atoms with Gasteiger partial charge in [-0.1, -0.05) is 36.4 Å². The van der Waals surface area contributed by atoms with Crippen LogP contribution in [0.2, 0.25) is 0 Å². The Morgan fingerprint density at radius 3 is 2.57 bits per heavy atom. The molecule has 0 aromatic heterocycles. The summed E-state index contributed by atoms with van der Waals surface area (Å²) in [5, 5.41) is 9.47. The number of carboxylic acids is 1. The number of esters is 1. The van der Waals surface area contributed by atoms with E-state index >= 15 is 0 Å². The molecule has 5 nitrogen and oxygen atoms in total. The standard InChI is InChI=1S/C16H16O5/c1-20-13-8-4-3-7-12(13)11-6-5-9-16(10-11,14(17)18)15(19)21-2/h3-9H,10H2,1-2H3,(H,17,18). The number of rotatable bonds is 4. The van der Waals surface area contributed by atoms with Crippen molar-refractivity contribution in [2.45, 2.75) is 6.42 Å². The number of carbonyl (C=O) groups is 2. The van der Waals surface area contributed by atoms with Gasteiger partial charge in [0.1, 0.15) is 5.75 Å². The van der Waals surface area contributed by atoms with Gasteiger partial charge in [0.2, 0.25) is 0 Å². The van der Waals surface area contributed by atoms with E-state index in [0.717, 1.165) is 5.56 Å². The van der Waals surface area contributed by atoms with E-state index in [1.54, 1.807) is 25.3 Å². The van der Waals surface area contributed by atoms with Crippen molar-refractivity contribution in [2.75, 3.05) is 14.2 Å². The van der Waals surface area contributed by atoms with Gasteiger partial charge in [-0.2, -0.15) is 0 Å². The van der Waals surface area contributed by atoms with E-state index < -0.39 is 17.4 Å². The van der Waals surface area contributed by atoms with E-state index in [0.29, 0.717) is 11.3 Å². The van der Waals surface area contributed by atoms with E-state index in [4.69, 9.17) is 4.74 Å². The molecule has 110 valence electrons. The molecule has 1 aromatic rings. The number of methoxy groups -OCH3 is 2. The molecule has 5 heteroatoms. The maximum atomic E-state index is 11.9. The predicted molar refractivity (Wildman–Crippen MR) is 76.8 cm³/mol. The highest BCUT2D eigenvalue weighted by Crippen LogP contribution is 2.40. The Balaban J connectivity index is 2.45. The van der Waals surface area contributed by atoms with Crippen LogP contribution in [0.15, 0.2) is 42.5 Å². The summed E-state index contributed by atoms with van der Waals surface area (Å²) in [5.74, 6) is -1.39. The molecule has 0 saturated heterocycles. The van der Waals surface area contributed by atoms with Gasteiger partial charge >= 0.3 is 11.9 Å². The Hall–Kier alpha value is -2.56. The zero-order valence-corrected chi connectivity index (χ0v) is 11.8. The molecule has 1 unspecified atom stereocenters. The Labute approximate surface area is 122 Å². The summed E-state index contributed by atoms with van der Waals surface area (Å²) < 4.78 is 9.95. The van der Waals surface area contributed by atoms with E-state index in [-0.39, 0.29) is 6.42 Å². The largest absolute Gasteiger partial charge is 0.496 e. The zero-order chi connectivity index (χ0) is 15.5. The molecule has 1 aliphatic rings. The molecular formula is C16H16O5. The SMILES string of the molecule is COC(=O)C1(C(=O)O)C=CC=C(c2ccccc2OC)C1. The lowest BCUT2D eigenvalue weighted by atomic mass is 9.76. The van der Waals surface area contributed by atoms with E-state index in [9.17, 15) is 14.7 Å². The number of benzene rings is 1. The summed E-state index contributed by atoms with van der Waals surface area (Å²) in [6.45, 7) is 0. The van der Waals surface area contributed by atoms with Gasteiger partial charge in [-0.15, -0.1) is 0 Å². The fourth-order valence-electron chi connectivity index (χ4n) is 2.40. The second-order valence-corrected chi connectivity index (χ2v) is 4.70. The average Bonchev–Trinajstić information content (AvgIpc) is 2.53. The monoisotopic (exact) mass is 288 g/mol. The fourth-order valence-corrected chi connectivity index (χ4v) is 2.40. The van der Waals surface area contributed by atoms with Crippen molar-refractivity contribution >= 4 is 17.5 Å². The number of para-hydroxylation sites is 1. The van der Waals surface area contributed by atoms with Crippen molar-refractivity contribution in [3.63, 3.8) is 0 Å². The molecule has 0 bridgehead atoms. The molecule has 0 amide bonds. The van der Waals surface area contributed by atoms with Gasteiger partial charge in [0.15, 0.2) is 5.41 Å². The minimum atomic E-state index is -1.69. The smallest absolute Gasteiger partial charge is 0.327 e. The summed E-state index contributed by atoms with van der Waals surface area (Å²) in [5.41, 5.74) is -0.221. The Kier molecular flexibility index (Phi) is 4.12. The quantitative estimate of drug-likeness (QED) is 0.679.